The lowest BCUT2D eigenvalue weighted by Gasteiger charge is -2.34. The Labute approximate surface area is 80.8 Å². The van der Waals surface area contributed by atoms with Crippen LogP contribution < -0.4 is 0 Å². The molecule has 0 rings (SSSR count). The largest absolute Gasteiger partial charge is 0.299 e. The summed E-state index contributed by atoms with van der Waals surface area (Å²) in [7, 11) is -1.94. The monoisotopic (exact) mass is 204 g/mol. The van der Waals surface area contributed by atoms with Gasteiger partial charge in [0.05, 0.1) is 5.03 Å². The molecule has 0 heterocycles. The van der Waals surface area contributed by atoms with Crippen molar-refractivity contribution in [2.45, 2.75) is 38.9 Å². The quantitative estimate of drug-likeness (QED) is 0.498. The molecule has 0 radical (unpaired) electrons. The third-order valence-electron chi connectivity index (χ3n) is 2.69. The molecule has 0 aliphatic rings. The van der Waals surface area contributed by atoms with Gasteiger partial charge in [0.1, 0.15) is 8.07 Å². The number of allylic oxidation sites excluding steroid dienone is 1. The summed E-state index contributed by atoms with van der Waals surface area (Å²) >= 11 is 5.61. The molecule has 0 saturated heterocycles. The van der Waals surface area contributed by atoms with Crippen molar-refractivity contribution >= 4 is 25.1 Å². The highest BCUT2D eigenvalue weighted by Crippen LogP contribution is 2.37. The van der Waals surface area contributed by atoms with Crippen LogP contribution in [0.2, 0.25) is 18.1 Å². The molecular formula is C9H17ClOSi. The number of rotatable bonds is 2. The molecular weight excluding hydrogens is 188 g/mol. The van der Waals surface area contributed by atoms with Crippen molar-refractivity contribution < 1.29 is 4.79 Å². The summed E-state index contributed by atoms with van der Waals surface area (Å²) in [6.07, 6.45) is 0. The van der Waals surface area contributed by atoms with Crippen LogP contribution in [0, 0.1) is 0 Å². The molecule has 12 heavy (non-hydrogen) atoms. The number of halogens is 1. The average Bonchev–Trinajstić information content (AvgIpc) is 1.83. The molecule has 0 spiro atoms. The lowest BCUT2D eigenvalue weighted by molar-refractivity contribution is -0.109. The second-order valence-electron chi connectivity index (χ2n) is 4.61. The molecule has 1 nitrogen and oxygen atoms in total. The van der Waals surface area contributed by atoms with E-state index in [0.717, 1.165) is 0 Å². The van der Waals surface area contributed by atoms with Gasteiger partial charge in [0.2, 0.25) is 0 Å². The smallest absolute Gasteiger partial charge is 0.151 e. The van der Waals surface area contributed by atoms with E-state index in [1.165, 1.54) is 0 Å². The Kier molecular flexibility index (Phi) is 3.32. The summed E-state index contributed by atoms with van der Waals surface area (Å²) in [6.45, 7) is 13.8. The van der Waals surface area contributed by atoms with Crippen molar-refractivity contribution in [2.24, 2.45) is 0 Å². The van der Waals surface area contributed by atoms with Gasteiger partial charge in [-0.05, 0) is 5.04 Å². The molecule has 0 fully saturated rings. The molecule has 3 heteroatoms. The highest BCUT2D eigenvalue weighted by atomic mass is 35.5. The van der Waals surface area contributed by atoms with E-state index >= 15 is 0 Å². The maximum Gasteiger partial charge on any atom is 0.151 e. The summed E-state index contributed by atoms with van der Waals surface area (Å²) < 4.78 is 0. The zero-order chi connectivity index (χ0) is 10.2. The molecule has 0 N–H and O–H groups in total. The fourth-order valence-electron chi connectivity index (χ4n) is 0.680. The summed E-state index contributed by atoms with van der Waals surface area (Å²) in [6, 6.07) is 0. The van der Waals surface area contributed by atoms with Crippen LogP contribution in [0.5, 0.6) is 0 Å². The van der Waals surface area contributed by atoms with E-state index in [1.807, 2.05) is 13.1 Å². The molecule has 0 saturated carbocycles. The molecule has 0 aromatic carbocycles. The van der Waals surface area contributed by atoms with E-state index in [4.69, 9.17) is 11.6 Å². The highest BCUT2D eigenvalue weighted by molar-refractivity contribution is 7.09. The van der Waals surface area contributed by atoms with Gasteiger partial charge in [0.25, 0.3) is 0 Å². The molecule has 0 aromatic rings. The average molecular weight is 205 g/mol. The topological polar surface area (TPSA) is 17.1 Å². The van der Waals surface area contributed by atoms with E-state index in [0.29, 0.717) is 0 Å². The standard InChI is InChI=1S/C9H17ClOSi/c1-7(10)8(11)12(5,6)9(2,3)4/h1H2,2-6H3. The van der Waals surface area contributed by atoms with Crippen LogP contribution in [-0.2, 0) is 4.79 Å². The van der Waals surface area contributed by atoms with Crippen LogP contribution in [0.25, 0.3) is 0 Å². The first-order valence-corrected chi connectivity index (χ1v) is 7.37. The van der Waals surface area contributed by atoms with Crippen molar-refractivity contribution in [3.05, 3.63) is 11.6 Å². The highest BCUT2D eigenvalue weighted by Gasteiger charge is 2.42. The zero-order valence-electron chi connectivity index (χ0n) is 8.49. The molecule has 0 bridgehead atoms. The zero-order valence-corrected chi connectivity index (χ0v) is 10.2. The molecule has 70 valence electrons. The van der Waals surface area contributed by atoms with E-state index in [-0.39, 0.29) is 15.5 Å². The molecule has 0 aliphatic heterocycles. The minimum Gasteiger partial charge on any atom is -0.299 e. The van der Waals surface area contributed by atoms with Gasteiger partial charge >= 0.3 is 0 Å². The third-order valence-corrected chi connectivity index (χ3v) is 8.21. The predicted octanol–water partition coefficient (Wildman–Crippen LogP) is 3.36. The maximum atomic E-state index is 11.6. The van der Waals surface area contributed by atoms with E-state index in [2.05, 4.69) is 27.4 Å². The Hall–Kier alpha value is -0.0831. The summed E-state index contributed by atoms with van der Waals surface area (Å²) in [5.74, 6) is 0. The van der Waals surface area contributed by atoms with Crippen molar-refractivity contribution in [2.75, 3.05) is 0 Å². The lowest BCUT2D eigenvalue weighted by atomic mass is 10.2. The van der Waals surface area contributed by atoms with Crippen LogP contribution in [0.15, 0.2) is 11.6 Å². The first-order chi connectivity index (χ1) is 5.10. The first kappa shape index (κ1) is 11.9. The van der Waals surface area contributed by atoms with E-state index in [1.54, 1.807) is 0 Å². The summed E-state index contributed by atoms with van der Waals surface area (Å²) in [5.41, 5.74) is 0. The SMILES string of the molecule is C=C(Cl)C(=O)[Si](C)(C)C(C)(C)C. The number of carbonyl (C=O) groups excluding carboxylic acids is 1. The van der Waals surface area contributed by atoms with Crippen molar-refractivity contribution in [3.63, 3.8) is 0 Å². The Balaban J connectivity index is 4.87. The fraction of sp³-hybridized carbons (Fsp3) is 0.667. The second-order valence-corrected chi connectivity index (χ2v) is 10.3. The normalized spacial score (nSPS) is 12.8. The van der Waals surface area contributed by atoms with Crippen LogP contribution in [0.4, 0.5) is 0 Å². The minimum absolute atomic E-state index is 0.0436. The van der Waals surface area contributed by atoms with E-state index in [9.17, 15) is 4.79 Å². The van der Waals surface area contributed by atoms with Crippen molar-refractivity contribution in [1.29, 1.82) is 0 Å². The van der Waals surface area contributed by atoms with Crippen LogP contribution in [0.1, 0.15) is 20.8 Å². The molecule has 0 amide bonds. The van der Waals surface area contributed by atoms with Crippen molar-refractivity contribution in [3.8, 4) is 0 Å². The van der Waals surface area contributed by atoms with Crippen LogP contribution >= 0.6 is 11.6 Å². The van der Waals surface area contributed by atoms with E-state index < -0.39 is 8.07 Å². The van der Waals surface area contributed by atoms with Crippen LogP contribution in [0.3, 0.4) is 0 Å². The maximum absolute atomic E-state index is 11.6. The minimum atomic E-state index is -1.94. The Morgan fingerprint density at radius 1 is 1.33 bits per heavy atom. The van der Waals surface area contributed by atoms with Gasteiger partial charge in [0.15, 0.2) is 5.41 Å². The first-order valence-electron chi connectivity index (χ1n) is 4.00. The molecule has 0 unspecified atom stereocenters. The third kappa shape index (κ3) is 2.20. The van der Waals surface area contributed by atoms with Gasteiger partial charge < -0.3 is 0 Å². The summed E-state index contributed by atoms with van der Waals surface area (Å²) in [5, 5.41) is 0.292. The fourth-order valence-corrected chi connectivity index (χ4v) is 2.75. The van der Waals surface area contributed by atoms with Gasteiger partial charge in [-0.15, -0.1) is 0 Å². The van der Waals surface area contributed by atoms with Gasteiger partial charge in [-0.25, -0.2) is 0 Å². The predicted molar refractivity (Wildman–Crippen MR) is 57.2 cm³/mol. The van der Waals surface area contributed by atoms with Crippen molar-refractivity contribution in [1.82, 2.24) is 0 Å². The molecule has 0 atom stereocenters. The molecule has 0 aliphatic carbocycles. The van der Waals surface area contributed by atoms with Gasteiger partial charge in [-0.1, -0.05) is 52.0 Å². The van der Waals surface area contributed by atoms with Gasteiger partial charge in [-0.3, -0.25) is 4.79 Å². The second kappa shape index (κ2) is 3.34. The van der Waals surface area contributed by atoms with Crippen LogP contribution in [-0.4, -0.2) is 13.5 Å². The Bertz CT molecular complexity index is 213. The number of hydrogen-bond acceptors (Lipinski definition) is 1. The lowest BCUT2D eigenvalue weighted by Crippen LogP contribution is -2.46. The number of carbonyl (C=O) groups is 1. The van der Waals surface area contributed by atoms with Gasteiger partial charge in [-0.2, -0.15) is 0 Å². The Morgan fingerprint density at radius 3 is 1.75 bits per heavy atom. The Morgan fingerprint density at radius 2 is 1.67 bits per heavy atom. The molecule has 0 aromatic heterocycles. The number of hydrogen-bond donors (Lipinski definition) is 0. The summed E-state index contributed by atoms with van der Waals surface area (Å²) in [4.78, 5) is 11.6. The van der Waals surface area contributed by atoms with Gasteiger partial charge in [0, 0.05) is 0 Å².